The van der Waals surface area contributed by atoms with Crippen molar-refractivity contribution in [2.75, 3.05) is 43.9 Å². The number of ether oxygens (including phenoxy) is 1. The number of aromatic nitrogens is 1. The predicted octanol–water partition coefficient (Wildman–Crippen LogP) is 3.50. The highest BCUT2D eigenvalue weighted by Gasteiger charge is 2.35. The maximum absolute atomic E-state index is 13.6. The summed E-state index contributed by atoms with van der Waals surface area (Å²) in [6.45, 7) is 9.38. The van der Waals surface area contributed by atoms with Crippen LogP contribution in [0.2, 0.25) is 0 Å². The van der Waals surface area contributed by atoms with Gasteiger partial charge in [0.25, 0.3) is 5.91 Å². The number of amides is 3. The van der Waals surface area contributed by atoms with E-state index in [1.54, 1.807) is 36.9 Å². The lowest BCUT2D eigenvalue weighted by Gasteiger charge is -2.38. The highest BCUT2D eigenvalue weighted by molar-refractivity contribution is 6.04. The number of benzene rings is 1. The number of urea groups is 1. The van der Waals surface area contributed by atoms with Crippen LogP contribution in [0.25, 0.3) is 0 Å². The van der Waals surface area contributed by atoms with E-state index in [9.17, 15) is 14.7 Å². The smallest absolute Gasteiger partial charge is 0.323 e. The van der Waals surface area contributed by atoms with Crippen molar-refractivity contribution in [3.8, 4) is 5.75 Å². The molecule has 2 heterocycles. The molecular formula is C26H37N5O5. The Morgan fingerprint density at radius 3 is 2.67 bits per heavy atom. The molecule has 1 aliphatic carbocycles. The fourth-order valence-electron chi connectivity index (χ4n) is 4.61. The van der Waals surface area contributed by atoms with Gasteiger partial charge >= 0.3 is 6.03 Å². The van der Waals surface area contributed by atoms with E-state index in [0.29, 0.717) is 47.2 Å². The maximum atomic E-state index is 13.6. The van der Waals surface area contributed by atoms with Crippen LogP contribution in [0.15, 0.2) is 22.7 Å². The van der Waals surface area contributed by atoms with Crippen molar-refractivity contribution in [2.24, 2.45) is 11.8 Å². The molecule has 4 rings (SSSR count). The van der Waals surface area contributed by atoms with Gasteiger partial charge in [-0.25, -0.2) is 4.79 Å². The van der Waals surface area contributed by atoms with Crippen molar-refractivity contribution >= 4 is 23.3 Å². The molecule has 3 N–H and O–H groups in total. The Balaban J connectivity index is 1.64. The number of aliphatic hydroxyl groups excluding tert-OH is 1. The number of aryl methyl sites for hydroxylation is 2. The van der Waals surface area contributed by atoms with Crippen molar-refractivity contribution in [1.82, 2.24) is 15.0 Å². The third-order valence-electron chi connectivity index (χ3n) is 6.97. The normalized spacial score (nSPS) is 20.9. The Hall–Kier alpha value is -3.11. The van der Waals surface area contributed by atoms with Crippen LogP contribution in [0.1, 0.15) is 48.5 Å². The Bertz CT molecular complexity index is 1080. The number of likely N-dealkylation sites (N-methyl/N-ethyl adjacent to an activating group) is 1. The van der Waals surface area contributed by atoms with Crippen LogP contribution in [-0.2, 0) is 0 Å². The Labute approximate surface area is 211 Å². The molecule has 0 unspecified atom stereocenters. The molecule has 0 bridgehead atoms. The van der Waals surface area contributed by atoms with Crippen LogP contribution in [0, 0.1) is 25.7 Å². The van der Waals surface area contributed by atoms with Crippen molar-refractivity contribution in [1.29, 1.82) is 0 Å². The van der Waals surface area contributed by atoms with Gasteiger partial charge in [0.2, 0.25) is 0 Å². The predicted molar refractivity (Wildman–Crippen MR) is 136 cm³/mol. The molecule has 1 aliphatic heterocycles. The first-order valence-corrected chi connectivity index (χ1v) is 12.6. The van der Waals surface area contributed by atoms with Crippen molar-refractivity contribution in [3.63, 3.8) is 0 Å². The number of fused-ring (bicyclic) bond motifs is 1. The summed E-state index contributed by atoms with van der Waals surface area (Å²) < 4.78 is 11.7. The molecule has 0 radical (unpaired) electrons. The minimum Gasteiger partial charge on any atom is -0.486 e. The first-order valence-electron chi connectivity index (χ1n) is 12.6. The molecular weight excluding hydrogens is 462 g/mol. The SMILES string of the molecule is Cc1noc(C)c1NC(=O)Nc1cccc2c1O[C@@H](CN(C)CC1CC1)[C@H](C)CN([C@@H](C)CO)C2=O. The molecule has 1 saturated carbocycles. The van der Waals surface area contributed by atoms with Gasteiger partial charge in [0.1, 0.15) is 17.5 Å². The van der Waals surface area contributed by atoms with Crippen LogP contribution in [0.3, 0.4) is 0 Å². The van der Waals surface area contributed by atoms with E-state index in [4.69, 9.17) is 9.26 Å². The standard InChI is InChI=1S/C26H37N5O5/c1-15-11-31(16(2)14-32)25(33)20-7-6-8-21(27-26(34)28-23-17(3)29-36-18(23)4)24(20)35-22(15)13-30(5)12-19-9-10-19/h6-8,15-16,19,22,32H,9-14H2,1-5H3,(H2,27,28,34)/t15-,16+,22+/m1/s1. The van der Waals surface area contributed by atoms with Crippen LogP contribution in [-0.4, -0.2) is 77.4 Å². The van der Waals surface area contributed by atoms with Crippen molar-refractivity contribution in [3.05, 3.63) is 35.2 Å². The zero-order valence-electron chi connectivity index (χ0n) is 21.7. The van der Waals surface area contributed by atoms with Crippen molar-refractivity contribution < 1.29 is 24.0 Å². The maximum Gasteiger partial charge on any atom is 0.323 e. The summed E-state index contributed by atoms with van der Waals surface area (Å²) in [6, 6.07) is 4.29. The zero-order chi connectivity index (χ0) is 26.0. The van der Waals surface area contributed by atoms with Crippen LogP contribution in [0.5, 0.6) is 5.75 Å². The lowest BCUT2D eigenvalue weighted by atomic mass is 9.99. The third-order valence-corrected chi connectivity index (χ3v) is 6.97. The number of carbonyl (C=O) groups is 2. The first kappa shape index (κ1) is 26.0. The number of para-hydroxylation sites is 1. The average molecular weight is 500 g/mol. The number of nitrogens with one attached hydrogen (secondary N) is 2. The largest absolute Gasteiger partial charge is 0.486 e. The van der Waals surface area contributed by atoms with Gasteiger partial charge in [0.15, 0.2) is 11.5 Å². The van der Waals surface area contributed by atoms with Gasteiger partial charge in [-0.05, 0) is 58.7 Å². The van der Waals surface area contributed by atoms with Gasteiger partial charge in [-0.2, -0.15) is 0 Å². The fourth-order valence-corrected chi connectivity index (χ4v) is 4.61. The number of hydrogen-bond acceptors (Lipinski definition) is 7. The summed E-state index contributed by atoms with van der Waals surface area (Å²) in [5.41, 5.74) is 1.82. The topological polar surface area (TPSA) is 120 Å². The molecule has 196 valence electrons. The summed E-state index contributed by atoms with van der Waals surface area (Å²) in [5.74, 6) is 1.34. The van der Waals surface area contributed by atoms with Gasteiger partial charge < -0.3 is 34.8 Å². The zero-order valence-corrected chi connectivity index (χ0v) is 21.7. The van der Waals surface area contributed by atoms with E-state index in [1.807, 2.05) is 6.92 Å². The second-order valence-corrected chi connectivity index (χ2v) is 10.2. The molecule has 2 aromatic rings. The second kappa shape index (κ2) is 10.9. The van der Waals surface area contributed by atoms with Gasteiger partial charge in [-0.15, -0.1) is 0 Å². The van der Waals surface area contributed by atoms with Gasteiger partial charge in [-0.1, -0.05) is 18.1 Å². The molecule has 1 fully saturated rings. The number of carbonyl (C=O) groups excluding carboxylic acids is 2. The second-order valence-electron chi connectivity index (χ2n) is 10.2. The quantitative estimate of drug-likeness (QED) is 0.508. The molecule has 1 aromatic carbocycles. The van der Waals surface area contributed by atoms with E-state index < -0.39 is 6.03 Å². The fraction of sp³-hybridized carbons (Fsp3) is 0.577. The molecule has 0 spiro atoms. The molecule has 3 amide bonds. The Morgan fingerprint density at radius 1 is 1.28 bits per heavy atom. The summed E-state index contributed by atoms with van der Waals surface area (Å²) in [7, 11) is 2.09. The van der Waals surface area contributed by atoms with Gasteiger partial charge in [0.05, 0.1) is 23.9 Å². The molecule has 1 aromatic heterocycles. The number of anilines is 2. The van der Waals surface area contributed by atoms with Gasteiger partial charge in [0, 0.05) is 25.6 Å². The van der Waals surface area contributed by atoms with E-state index in [-0.39, 0.29) is 30.6 Å². The molecule has 10 nitrogen and oxygen atoms in total. The molecule has 36 heavy (non-hydrogen) atoms. The Kier molecular flexibility index (Phi) is 7.85. The minimum absolute atomic E-state index is 0.00180. The molecule has 0 saturated heterocycles. The highest BCUT2D eigenvalue weighted by atomic mass is 16.5. The molecule has 10 heteroatoms. The van der Waals surface area contributed by atoms with Gasteiger partial charge in [-0.3, -0.25) is 4.79 Å². The lowest BCUT2D eigenvalue weighted by molar-refractivity contribution is 0.0346. The van der Waals surface area contributed by atoms with E-state index in [1.165, 1.54) is 12.8 Å². The summed E-state index contributed by atoms with van der Waals surface area (Å²) in [5, 5.41) is 19.3. The van der Waals surface area contributed by atoms with E-state index in [0.717, 1.165) is 12.5 Å². The summed E-state index contributed by atoms with van der Waals surface area (Å²) in [6.07, 6.45) is 2.31. The monoisotopic (exact) mass is 499 g/mol. The summed E-state index contributed by atoms with van der Waals surface area (Å²) in [4.78, 5) is 30.5. The molecule has 2 aliphatic rings. The average Bonchev–Trinajstić information content (AvgIpc) is 3.60. The third kappa shape index (κ3) is 5.82. The first-order chi connectivity index (χ1) is 17.2. The van der Waals surface area contributed by atoms with Crippen LogP contribution >= 0.6 is 0 Å². The van der Waals surface area contributed by atoms with E-state index in [2.05, 4.69) is 34.7 Å². The van der Waals surface area contributed by atoms with E-state index >= 15 is 0 Å². The van der Waals surface area contributed by atoms with Crippen molar-refractivity contribution in [2.45, 2.75) is 52.7 Å². The summed E-state index contributed by atoms with van der Waals surface area (Å²) >= 11 is 0. The highest BCUT2D eigenvalue weighted by Crippen LogP contribution is 2.36. The number of aliphatic hydroxyl groups is 1. The molecule has 3 atom stereocenters. The number of nitrogens with zero attached hydrogens (tertiary/aromatic N) is 3. The lowest BCUT2D eigenvalue weighted by Crippen LogP contribution is -2.50. The minimum atomic E-state index is -0.494. The number of hydrogen-bond donors (Lipinski definition) is 3. The number of rotatable bonds is 8. The Morgan fingerprint density at radius 2 is 2.03 bits per heavy atom. The van der Waals surface area contributed by atoms with Crippen LogP contribution in [0.4, 0.5) is 16.2 Å². The van der Waals surface area contributed by atoms with Crippen LogP contribution < -0.4 is 15.4 Å².